The molecule has 6 heteroatoms. The number of carbonyl (C=O) groups is 3. The summed E-state index contributed by atoms with van der Waals surface area (Å²) in [6.07, 6.45) is 1.74. The zero-order valence-corrected chi connectivity index (χ0v) is 13.4. The lowest BCUT2D eigenvalue weighted by Gasteiger charge is -2.33. The number of hydrogen-bond acceptors (Lipinski definition) is 5. The van der Waals surface area contributed by atoms with E-state index >= 15 is 0 Å². The summed E-state index contributed by atoms with van der Waals surface area (Å²) < 4.78 is 10.5. The lowest BCUT2D eigenvalue weighted by atomic mass is 10.1. The minimum absolute atomic E-state index is 0.106. The van der Waals surface area contributed by atoms with Crippen LogP contribution in [-0.2, 0) is 19.1 Å². The lowest BCUT2D eigenvalue weighted by Crippen LogP contribution is -2.49. The summed E-state index contributed by atoms with van der Waals surface area (Å²) in [5.41, 5.74) is -1.38. The lowest BCUT2D eigenvalue weighted by molar-refractivity contribution is -0.161. The number of esters is 1. The first-order chi connectivity index (χ1) is 9.39. The van der Waals surface area contributed by atoms with Gasteiger partial charge in [0.1, 0.15) is 17.2 Å². The van der Waals surface area contributed by atoms with E-state index in [0.29, 0.717) is 0 Å². The zero-order valence-electron chi connectivity index (χ0n) is 13.4. The van der Waals surface area contributed by atoms with E-state index in [4.69, 9.17) is 9.47 Å². The van der Waals surface area contributed by atoms with Gasteiger partial charge in [0.2, 0.25) is 0 Å². The molecule has 0 spiro atoms. The molecule has 0 N–H and O–H groups in total. The van der Waals surface area contributed by atoms with Gasteiger partial charge in [-0.05, 0) is 47.6 Å². The van der Waals surface area contributed by atoms with Gasteiger partial charge in [-0.25, -0.2) is 9.59 Å². The van der Waals surface area contributed by atoms with Crippen molar-refractivity contribution in [2.75, 3.05) is 0 Å². The zero-order chi connectivity index (χ0) is 16.4. The van der Waals surface area contributed by atoms with Crippen LogP contribution in [-0.4, -0.2) is 40.0 Å². The fourth-order valence-electron chi connectivity index (χ4n) is 1.69. The Labute approximate surface area is 125 Å². The van der Waals surface area contributed by atoms with Crippen LogP contribution in [0, 0.1) is 0 Å². The Balaban J connectivity index is 2.93. The Morgan fingerprint density at radius 1 is 1.10 bits per heavy atom. The van der Waals surface area contributed by atoms with Gasteiger partial charge in [0, 0.05) is 12.6 Å². The van der Waals surface area contributed by atoms with E-state index in [1.54, 1.807) is 41.5 Å². The Morgan fingerprint density at radius 2 is 1.62 bits per heavy atom. The van der Waals surface area contributed by atoms with Crippen LogP contribution in [0.5, 0.6) is 0 Å². The van der Waals surface area contributed by atoms with Crippen LogP contribution < -0.4 is 0 Å². The highest BCUT2D eigenvalue weighted by Crippen LogP contribution is 2.20. The highest BCUT2D eigenvalue weighted by atomic mass is 16.6. The van der Waals surface area contributed by atoms with E-state index in [1.807, 2.05) is 0 Å². The third-order valence-corrected chi connectivity index (χ3v) is 2.43. The molecule has 1 aliphatic rings. The molecule has 0 aromatic heterocycles. The molecule has 6 nitrogen and oxygen atoms in total. The molecule has 0 unspecified atom stereocenters. The highest BCUT2D eigenvalue weighted by Gasteiger charge is 2.37. The fourth-order valence-corrected chi connectivity index (χ4v) is 1.69. The van der Waals surface area contributed by atoms with Crippen LogP contribution in [0.2, 0.25) is 0 Å². The molecular formula is C15H23NO5. The molecule has 1 amide bonds. The molecule has 1 rings (SSSR count). The maximum absolute atomic E-state index is 12.2. The summed E-state index contributed by atoms with van der Waals surface area (Å²) in [5, 5.41) is 0. The second-order valence-corrected chi connectivity index (χ2v) is 6.92. The summed E-state index contributed by atoms with van der Waals surface area (Å²) in [4.78, 5) is 37.0. The van der Waals surface area contributed by atoms with Crippen LogP contribution in [0.4, 0.5) is 4.79 Å². The van der Waals surface area contributed by atoms with Crippen LogP contribution in [0.15, 0.2) is 12.3 Å². The first-order valence-corrected chi connectivity index (χ1v) is 6.84. The Bertz CT molecular complexity index is 467. The van der Waals surface area contributed by atoms with E-state index in [1.165, 1.54) is 12.3 Å². The van der Waals surface area contributed by atoms with Crippen molar-refractivity contribution >= 4 is 17.8 Å². The van der Waals surface area contributed by atoms with Crippen molar-refractivity contribution in [3.05, 3.63) is 12.3 Å². The van der Waals surface area contributed by atoms with E-state index in [0.717, 1.165) is 4.90 Å². The van der Waals surface area contributed by atoms with Crippen molar-refractivity contribution in [1.82, 2.24) is 4.90 Å². The third-order valence-electron chi connectivity index (χ3n) is 2.43. The van der Waals surface area contributed by atoms with Crippen molar-refractivity contribution in [2.45, 2.75) is 65.2 Å². The van der Waals surface area contributed by atoms with E-state index < -0.39 is 29.3 Å². The minimum atomic E-state index is -0.989. The Morgan fingerprint density at radius 3 is 2.10 bits per heavy atom. The number of nitrogens with zero attached hydrogens (tertiary/aromatic N) is 1. The normalized spacial score (nSPS) is 19.4. The van der Waals surface area contributed by atoms with Crippen molar-refractivity contribution in [3.63, 3.8) is 0 Å². The first-order valence-electron chi connectivity index (χ1n) is 6.84. The van der Waals surface area contributed by atoms with Gasteiger partial charge in [0.15, 0.2) is 5.78 Å². The number of amides is 1. The topological polar surface area (TPSA) is 72.9 Å². The largest absolute Gasteiger partial charge is 0.458 e. The Kier molecular flexibility index (Phi) is 4.81. The van der Waals surface area contributed by atoms with Gasteiger partial charge < -0.3 is 9.47 Å². The molecule has 1 aliphatic heterocycles. The molecule has 1 heterocycles. The summed E-state index contributed by atoms with van der Waals surface area (Å²) in [7, 11) is 0. The molecule has 0 radical (unpaired) electrons. The van der Waals surface area contributed by atoms with Crippen molar-refractivity contribution in [3.8, 4) is 0 Å². The second kappa shape index (κ2) is 5.87. The Hall–Kier alpha value is -1.85. The van der Waals surface area contributed by atoms with Crippen LogP contribution in [0.3, 0.4) is 0 Å². The number of allylic oxidation sites excluding steroid dienone is 1. The molecule has 0 aliphatic carbocycles. The second-order valence-electron chi connectivity index (χ2n) is 6.92. The average molecular weight is 297 g/mol. The highest BCUT2D eigenvalue weighted by molar-refractivity contribution is 5.97. The average Bonchev–Trinajstić information content (AvgIpc) is 2.23. The van der Waals surface area contributed by atoms with Gasteiger partial charge >= 0.3 is 12.1 Å². The molecule has 21 heavy (non-hydrogen) atoms. The van der Waals surface area contributed by atoms with Crippen molar-refractivity contribution in [1.29, 1.82) is 0 Å². The van der Waals surface area contributed by atoms with Gasteiger partial charge in [-0.1, -0.05) is 0 Å². The van der Waals surface area contributed by atoms with Gasteiger partial charge in [-0.2, -0.15) is 0 Å². The van der Waals surface area contributed by atoms with E-state index in [9.17, 15) is 14.4 Å². The molecule has 0 bridgehead atoms. The number of ether oxygens (including phenoxy) is 2. The van der Waals surface area contributed by atoms with Gasteiger partial charge in [-0.3, -0.25) is 9.69 Å². The first kappa shape index (κ1) is 17.2. The molecule has 1 atom stereocenters. The van der Waals surface area contributed by atoms with Crippen LogP contribution in [0.25, 0.3) is 0 Å². The van der Waals surface area contributed by atoms with Crippen molar-refractivity contribution < 1.29 is 23.9 Å². The third kappa shape index (κ3) is 5.57. The van der Waals surface area contributed by atoms with E-state index in [2.05, 4.69) is 0 Å². The molecule has 0 aromatic rings. The van der Waals surface area contributed by atoms with Crippen LogP contribution >= 0.6 is 0 Å². The summed E-state index contributed by atoms with van der Waals surface area (Å²) in [6, 6.07) is -0.989. The van der Waals surface area contributed by atoms with Gasteiger partial charge in [0.25, 0.3) is 0 Å². The summed E-state index contributed by atoms with van der Waals surface area (Å²) in [6.45, 7) is 10.4. The molecular weight excluding hydrogens is 274 g/mol. The number of hydrogen-bond donors (Lipinski definition) is 0. The van der Waals surface area contributed by atoms with Gasteiger partial charge in [-0.15, -0.1) is 0 Å². The molecule has 118 valence electrons. The molecule has 0 fully saturated rings. The predicted octanol–water partition coefficient (Wildman–Crippen LogP) is 2.42. The smallest absolute Gasteiger partial charge is 0.415 e. The molecule has 0 saturated heterocycles. The number of rotatable bonds is 1. The predicted molar refractivity (Wildman–Crippen MR) is 76.5 cm³/mol. The maximum atomic E-state index is 12.2. The van der Waals surface area contributed by atoms with E-state index in [-0.39, 0.29) is 12.2 Å². The molecule has 0 saturated carbocycles. The van der Waals surface area contributed by atoms with Gasteiger partial charge in [0.05, 0.1) is 0 Å². The number of ketones is 1. The van der Waals surface area contributed by atoms with Crippen LogP contribution in [0.1, 0.15) is 48.0 Å². The van der Waals surface area contributed by atoms with Crippen molar-refractivity contribution in [2.24, 2.45) is 0 Å². The number of carbonyl (C=O) groups excluding carboxylic acids is 3. The monoisotopic (exact) mass is 297 g/mol. The summed E-state index contributed by atoms with van der Waals surface area (Å²) >= 11 is 0. The minimum Gasteiger partial charge on any atom is -0.458 e. The quantitative estimate of drug-likeness (QED) is 0.695. The molecule has 0 aromatic carbocycles. The maximum Gasteiger partial charge on any atom is 0.415 e. The SMILES string of the molecule is CC(C)(C)OC(=O)[C@@H]1CC(=O)C=CN1C(=O)OC(C)(C)C. The fraction of sp³-hybridized carbons (Fsp3) is 0.667. The standard InChI is InChI=1S/C15H23NO5/c1-14(2,3)20-12(18)11-9-10(17)7-8-16(11)13(19)21-15(4,5)6/h7-8,11H,9H2,1-6H3/t11-/m0/s1. The summed E-state index contributed by atoms with van der Waals surface area (Å²) in [5.74, 6) is -0.850.